The van der Waals surface area contributed by atoms with Crippen LogP contribution in [0.1, 0.15) is 11.6 Å². The molecule has 0 bridgehead atoms. The Hall–Kier alpha value is -2.90. The van der Waals surface area contributed by atoms with E-state index in [1.165, 1.54) is 0 Å². The second kappa shape index (κ2) is 7.78. The quantitative estimate of drug-likeness (QED) is 0.627. The Morgan fingerprint density at radius 2 is 1.84 bits per heavy atom. The van der Waals surface area contributed by atoms with E-state index < -0.39 is 5.91 Å². The molecule has 0 spiro atoms. The van der Waals surface area contributed by atoms with E-state index in [0.717, 1.165) is 5.56 Å². The van der Waals surface area contributed by atoms with Crippen LogP contribution in [0.2, 0.25) is 0 Å². The monoisotopic (exact) mass is 340 g/mol. The Bertz CT molecular complexity index is 734. The van der Waals surface area contributed by atoms with Crippen molar-refractivity contribution in [1.82, 2.24) is 10.9 Å². The summed E-state index contributed by atoms with van der Waals surface area (Å²) < 4.78 is 5.19. The molecule has 25 heavy (non-hydrogen) atoms. The Morgan fingerprint density at radius 1 is 1.12 bits per heavy atom. The molecule has 1 heterocycles. The fourth-order valence-electron chi connectivity index (χ4n) is 2.74. The number of amides is 2. The third-order valence-corrected chi connectivity index (χ3v) is 3.98. The van der Waals surface area contributed by atoms with Crippen molar-refractivity contribution >= 4 is 17.5 Å². The molecule has 0 radical (unpaired) electrons. The van der Waals surface area contributed by atoms with Crippen LogP contribution in [0.4, 0.5) is 5.69 Å². The third-order valence-electron chi connectivity index (χ3n) is 3.98. The van der Waals surface area contributed by atoms with Crippen LogP contribution in [0.3, 0.4) is 0 Å². The van der Waals surface area contributed by atoms with Crippen LogP contribution in [0, 0.1) is 5.92 Å². The van der Waals surface area contributed by atoms with Gasteiger partial charge in [0.1, 0.15) is 5.75 Å². The molecule has 7 nitrogen and oxygen atoms in total. The average molecular weight is 340 g/mol. The molecule has 2 atom stereocenters. The van der Waals surface area contributed by atoms with Crippen molar-refractivity contribution in [1.29, 1.82) is 0 Å². The highest BCUT2D eigenvalue weighted by Gasteiger charge is 2.33. The predicted molar refractivity (Wildman–Crippen MR) is 93.6 cm³/mol. The number of hydrogen-bond donors (Lipinski definition) is 4. The molecule has 1 saturated heterocycles. The zero-order valence-corrected chi connectivity index (χ0v) is 13.6. The molecule has 1 aliphatic rings. The first-order valence-electron chi connectivity index (χ1n) is 7.99. The maximum Gasteiger partial charge on any atom is 0.255 e. The van der Waals surface area contributed by atoms with Gasteiger partial charge in [0.15, 0.2) is 6.61 Å². The van der Waals surface area contributed by atoms with Gasteiger partial charge in [0.25, 0.3) is 5.91 Å². The minimum Gasteiger partial charge on any atom is -0.484 e. The summed E-state index contributed by atoms with van der Waals surface area (Å²) in [5, 5.41) is 2.91. The van der Waals surface area contributed by atoms with E-state index in [2.05, 4.69) is 16.2 Å². The van der Waals surface area contributed by atoms with Crippen molar-refractivity contribution in [2.45, 2.75) is 6.04 Å². The van der Waals surface area contributed by atoms with E-state index in [1.54, 1.807) is 24.3 Å². The number of benzene rings is 2. The van der Waals surface area contributed by atoms with Crippen molar-refractivity contribution in [3.8, 4) is 5.75 Å². The first kappa shape index (κ1) is 16.9. The second-order valence-electron chi connectivity index (χ2n) is 5.79. The summed E-state index contributed by atoms with van der Waals surface area (Å²) in [5.74, 6) is -0.320. The van der Waals surface area contributed by atoms with E-state index in [4.69, 9.17) is 10.5 Å². The van der Waals surface area contributed by atoms with Crippen LogP contribution in [-0.4, -0.2) is 25.0 Å². The Labute approximate surface area is 145 Å². The summed E-state index contributed by atoms with van der Waals surface area (Å²) in [4.78, 5) is 23.3. The molecule has 130 valence electrons. The van der Waals surface area contributed by atoms with E-state index in [9.17, 15) is 9.59 Å². The molecule has 0 saturated carbocycles. The summed E-state index contributed by atoms with van der Waals surface area (Å²) in [6.45, 7) is 0.370. The molecule has 2 unspecified atom stereocenters. The molecular formula is C18H20N4O3. The average Bonchev–Trinajstić information content (AvgIpc) is 3.12. The van der Waals surface area contributed by atoms with Crippen molar-refractivity contribution in [2.75, 3.05) is 18.5 Å². The van der Waals surface area contributed by atoms with Crippen molar-refractivity contribution in [2.24, 2.45) is 11.7 Å². The SMILES string of the molecule is NC(=O)COc1ccc(NC(=O)C2CNNC2c2ccccc2)cc1. The van der Waals surface area contributed by atoms with Crippen LogP contribution in [0.25, 0.3) is 0 Å². The minimum atomic E-state index is -0.537. The van der Waals surface area contributed by atoms with Crippen molar-refractivity contribution < 1.29 is 14.3 Å². The van der Waals surface area contributed by atoms with Gasteiger partial charge in [-0.1, -0.05) is 30.3 Å². The van der Waals surface area contributed by atoms with E-state index >= 15 is 0 Å². The van der Waals surface area contributed by atoms with Gasteiger partial charge < -0.3 is 15.8 Å². The van der Waals surface area contributed by atoms with E-state index in [-0.39, 0.29) is 24.5 Å². The molecule has 2 amide bonds. The van der Waals surface area contributed by atoms with Crippen molar-refractivity contribution in [3.63, 3.8) is 0 Å². The summed E-state index contributed by atoms with van der Waals surface area (Å²) in [6, 6.07) is 16.6. The number of nitrogens with two attached hydrogens (primary N) is 1. The van der Waals surface area contributed by atoms with Crippen LogP contribution in [0.15, 0.2) is 54.6 Å². The largest absolute Gasteiger partial charge is 0.484 e. The smallest absolute Gasteiger partial charge is 0.255 e. The number of nitrogens with one attached hydrogen (secondary N) is 3. The highest BCUT2D eigenvalue weighted by atomic mass is 16.5. The van der Waals surface area contributed by atoms with E-state index in [0.29, 0.717) is 18.0 Å². The topological polar surface area (TPSA) is 105 Å². The van der Waals surface area contributed by atoms with Gasteiger partial charge in [-0.2, -0.15) is 0 Å². The fraction of sp³-hybridized carbons (Fsp3) is 0.222. The van der Waals surface area contributed by atoms with Crippen molar-refractivity contribution in [3.05, 3.63) is 60.2 Å². The second-order valence-corrected chi connectivity index (χ2v) is 5.79. The maximum atomic E-state index is 12.6. The Balaban J connectivity index is 1.62. The highest BCUT2D eigenvalue weighted by molar-refractivity contribution is 5.93. The lowest BCUT2D eigenvalue weighted by Gasteiger charge is -2.18. The molecule has 7 heteroatoms. The number of carbonyl (C=O) groups excluding carboxylic acids is 2. The number of carbonyl (C=O) groups is 2. The predicted octanol–water partition coefficient (Wildman–Crippen LogP) is 0.955. The first-order valence-corrected chi connectivity index (χ1v) is 7.99. The number of primary amides is 1. The van der Waals surface area contributed by atoms with Crippen LogP contribution >= 0.6 is 0 Å². The fourth-order valence-corrected chi connectivity index (χ4v) is 2.74. The molecular weight excluding hydrogens is 320 g/mol. The normalized spacial score (nSPS) is 19.4. The highest BCUT2D eigenvalue weighted by Crippen LogP contribution is 2.26. The lowest BCUT2D eigenvalue weighted by atomic mass is 9.94. The first-order chi connectivity index (χ1) is 12.1. The lowest BCUT2D eigenvalue weighted by molar-refractivity contribution is -0.120. The van der Waals surface area contributed by atoms with Gasteiger partial charge in [-0.3, -0.25) is 15.0 Å². The molecule has 2 aromatic carbocycles. The molecule has 1 aliphatic heterocycles. The number of rotatable bonds is 6. The van der Waals surface area contributed by atoms with Gasteiger partial charge in [0, 0.05) is 12.2 Å². The number of hydrazine groups is 1. The molecule has 3 rings (SSSR count). The molecule has 2 aromatic rings. The molecule has 5 N–H and O–H groups in total. The Kier molecular flexibility index (Phi) is 5.27. The number of ether oxygens (including phenoxy) is 1. The van der Waals surface area contributed by atoms with Gasteiger partial charge in [0.05, 0.1) is 12.0 Å². The van der Waals surface area contributed by atoms with Gasteiger partial charge in [-0.05, 0) is 29.8 Å². The Morgan fingerprint density at radius 3 is 2.52 bits per heavy atom. The molecule has 1 fully saturated rings. The van der Waals surface area contributed by atoms with Gasteiger partial charge in [0.2, 0.25) is 5.91 Å². The summed E-state index contributed by atoms with van der Waals surface area (Å²) in [6.07, 6.45) is 0. The maximum absolute atomic E-state index is 12.6. The number of hydrogen-bond acceptors (Lipinski definition) is 5. The van der Waals surface area contributed by atoms with Gasteiger partial charge >= 0.3 is 0 Å². The summed E-state index contributed by atoms with van der Waals surface area (Å²) >= 11 is 0. The van der Waals surface area contributed by atoms with E-state index in [1.807, 2.05) is 30.3 Å². The summed E-state index contributed by atoms with van der Waals surface area (Å²) in [5.41, 5.74) is 13.0. The lowest BCUT2D eigenvalue weighted by Crippen LogP contribution is -2.29. The standard InChI is InChI=1S/C18H20N4O3/c19-16(23)11-25-14-8-6-13(7-9-14)21-18(24)15-10-20-22-17(15)12-4-2-1-3-5-12/h1-9,15,17,20,22H,10-11H2,(H2,19,23)(H,21,24). The molecule has 0 aromatic heterocycles. The van der Waals surface area contributed by atoms with Gasteiger partial charge in [-0.25, -0.2) is 5.43 Å². The summed E-state index contributed by atoms with van der Waals surface area (Å²) in [7, 11) is 0. The van der Waals surface area contributed by atoms with Crippen LogP contribution < -0.4 is 26.6 Å². The van der Waals surface area contributed by atoms with Gasteiger partial charge in [-0.15, -0.1) is 0 Å². The number of anilines is 1. The van der Waals surface area contributed by atoms with Crippen LogP contribution in [0.5, 0.6) is 5.75 Å². The molecule has 0 aliphatic carbocycles. The van der Waals surface area contributed by atoms with Crippen LogP contribution in [-0.2, 0) is 9.59 Å². The minimum absolute atomic E-state index is 0.0721. The zero-order chi connectivity index (χ0) is 17.6. The third kappa shape index (κ3) is 4.34. The zero-order valence-electron chi connectivity index (χ0n) is 13.6.